The molecule has 0 saturated heterocycles. The molecule has 0 aromatic carbocycles. The minimum Gasteiger partial charge on any atom is -0.393 e. The minimum atomic E-state index is -0.131. The molecule has 0 bridgehead atoms. The molecular formula is C18H20N4O. The normalized spacial score (nSPS) is 21.4. The summed E-state index contributed by atoms with van der Waals surface area (Å²) in [5.74, 6) is 0.887. The van der Waals surface area contributed by atoms with E-state index in [1.807, 2.05) is 24.5 Å². The average molecular weight is 308 g/mol. The van der Waals surface area contributed by atoms with Crippen molar-refractivity contribution in [1.82, 2.24) is 15.0 Å². The lowest BCUT2D eigenvalue weighted by molar-refractivity contribution is 0.126. The Hall–Kier alpha value is -2.40. The van der Waals surface area contributed by atoms with Gasteiger partial charge in [0.05, 0.1) is 11.6 Å². The molecule has 0 amide bonds. The first kappa shape index (κ1) is 14.2. The second kappa shape index (κ2) is 6.01. The fourth-order valence-corrected chi connectivity index (χ4v) is 3.21. The Kier molecular flexibility index (Phi) is 3.71. The van der Waals surface area contributed by atoms with Crippen LogP contribution < -0.4 is 5.32 Å². The van der Waals surface area contributed by atoms with Crippen LogP contribution in [-0.4, -0.2) is 32.2 Å². The summed E-state index contributed by atoms with van der Waals surface area (Å²) in [5, 5.41) is 14.2. The van der Waals surface area contributed by atoms with Crippen molar-refractivity contribution in [2.75, 3.05) is 5.32 Å². The van der Waals surface area contributed by atoms with Gasteiger partial charge in [0, 0.05) is 47.3 Å². The highest BCUT2D eigenvalue weighted by atomic mass is 16.3. The maximum absolute atomic E-state index is 9.59. The van der Waals surface area contributed by atoms with Crippen molar-refractivity contribution in [3.63, 3.8) is 0 Å². The number of hydrogen-bond donors (Lipinski definition) is 3. The zero-order valence-electron chi connectivity index (χ0n) is 12.9. The lowest BCUT2D eigenvalue weighted by Gasteiger charge is -2.26. The number of hydrogen-bond acceptors (Lipinski definition) is 4. The summed E-state index contributed by atoms with van der Waals surface area (Å²) in [6.07, 6.45) is 9.11. The molecule has 0 spiro atoms. The van der Waals surface area contributed by atoms with Gasteiger partial charge >= 0.3 is 0 Å². The SMILES string of the molecule is O[C@H]1CC[C@@H](Nc2cc3[nH]c(-c4cccnc4)cc3cn2)CC1. The number of anilines is 1. The minimum absolute atomic E-state index is 0.131. The van der Waals surface area contributed by atoms with Gasteiger partial charge in [-0.15, -0.1) is 0 Å². The summed E-state index contributed by atoms with van der Waals surface area (Å²) in [4.78, 5) is 12.1. The number of pyridine rings is 2. The van der Waals surface area contributed by atoms with Crippen molar-refractivity contribution < 1.29 is 5.11 Å². The fourth-order valence-electron chi connectivity index (χ4n) is 3.21. The van der Waals surface area contributed by atoms with E-state index in [9.17, 15) is 5.11 Å². The second-order valence-electron chi connectivity index (χ2n) is 6.23. The smallest absolute Gasteiger partial charge is 0.128 e. The first-order valence-corrected chi connectivity index (χ1v) is 8.12. The number of aliphatic hydroxyl groups excluding tert-OH is 1. The molecule has 0 aliphatic heterocycles. The number of aromatic amines is 1. The van der Waals surface area contributed by atoms with E-state index in [1.54, 1.807) is 6.20 Å². The lowest BCUT2D eigenvalue weighted by Crippen LogP contribution is -2.28. The zero-order chi connectivity index (χ0) is 15.6. The molecule has 3 heterocycles. The molecule has 1 aliphatic rings. The van der Waals surface area contributed by atoms with Gasteiger partial charge in [-0.25, -0.2) is 4.98 Å². The van der Waals surface area contributed by atoms with E-state index in [0.717, 1.165) is 53.7 Å². The summed E-state index contributed by atoms with van der Waals surface area (Å²) in [5.41, 5.74) is 3.18. The van der Waals surface area contributed by atoms with Crippen molar-refractivity contribution in [1.29, 1.82) is 0 Å². The molecule has 0 radical (unpaired) electrons. The molecular weight excluding hydrogens is 288 g/mol. The second-order valence-corrected chi connectivity index (χ2v) is 6.23. The Balaban J connectivity index is 1.56. The largest absolute Gasteiger partial charge is 0.393 e. The van der Waals surface area contributed by atoms with Crippen molar-refractivity contribution in [3.8, 4) is 11.3 Å². The highest BCUT2D eigenvalue weighted by molar-refractivity contribution is 5.86. The number of nitrogens with one attached hydrogen (secondary N) is 2. The van der Waals surface area contributed by atoms with Crippen LogP contribution in [0.4, 0.5) is 5.82 Å². The zero-order valence-corrected chi connectivity index (χ0v) is 12.9. The van der Waals surface area contributed by atoms with Gasteiger partial charge in [0.15, 0.2) is 0 Å². The molecule has 0 atom stereocenters. The van der Waals surface area contributed by atoms with Crippen LogP contribution >= 0.6 is 0 Å². The molecule has 5 heteroatoms. The van der Waals surface area contributed by atoms with Crippen LogP contribution in [-0.2, 0) is 0 Å². The summed E-state index contributed by atoms with van der Waals surface area (Å²) >= 11 is 0. The van der Waals surface area contributed by atoms with E-state index in [2.05, 4.69) is 32.4 Å². The molecule has 23 heavy (non-hydrogen) atoms. The number of H-pyrrole nitrogens is 1. The quantitative estimate of drug-likeness (QED) is 0.694. The van der Waals surface area contributed by atoms with Gasteiger partial charge in [-0.1, -0.05) is 0 Å². The molecule has 3 aromatic heterocycles. The molecule has 1 saturated carbocycles. The van der Waals surface area contributed by atoms with E-state index in [1.165, 1.54) is 0 Å². The van der Waals surface area contributed by atoms with Crippen LogP contribution in [0.25, 0.3) is 22.2 Å². The Morgan fingerprint density at radius 2 is 2.00 bits per heavy atom. The van der Waals surface area contributed by atoms with E-state index >= 15 is 0 Å². The van der Waals surface area contributed by atoms with E-state index in [-0.39, 0.29) is 6.10 Å². The first-order valence-electron chi connectivity index (χ1n) is 8.12. The van der Waals surface area contributed by atoms with Gasteiger partial charge in [-0.2, -0.15) is 0 Å². The van der Waals surface area contributed by atoms with Gasteiger partial charge in [0.2, 0.25) is 0 Å². The van der Waals surface area contributed by atoms with E-state index < -0.39 is 0 Å². The van der Waals surface area contributed by atoms with Gasteiger partial charge in [0.25, 0.3) is 0 Å². The van der Waals surface area contributed by atoms with Crippen LogP contribution in [0.5, 0.6) is 0 Å². The Bertz CT molecular complexity index is 791. The van der Waals surface area contributed by atoms with Gasteiger partial charge in [0.1, 0.15) is 5.82 Å². The standard InChI is InChI=1S/C18H20N4O/c23-15-5-3-14(4-6-15)21-18-9-17-13(11-20-18)8-16(22-17)12-2-1-7-19-10-12/h1-2,7-11,14-15,22-23H,3-6H2,(H,20,21)/t14-,15+. The summed E-state index contributed by atoms with van der Waals surface area (Å²) in [6.45, 7) is 0. The predicted octanol–water partition coefficient (Wildman–Crippen LogP) is 3.34. The number of aromatic nitrogens is 3. The first-order chi connectivity index (χ1) is 11.3. The van der Waals surface area contributed by atoms with Crippen molar-refractivity contribution in [2.24, 2.45) is 0 Å². The van der Waals surface area contributed by atoms with Crippen LogP contribution in [0, 0.1) is 0 Å². The van der Waals surface area contributed by atoms with Gasteiger partial charge in [-0.05, 0) is 43.9 Å². The number of rotatable bonds is 3. The number of nitrogens with zero attached hydrogens (tertiary/aromatic N) is 2. The molecule has 3 N–H and O–H groups in total. The number of fused-ring (bicyclic) bond motifs is 1. The molecule has 118 valence electrons. The van der Waals surface area contributed by atoms with Crippen molar-refractivity contribution >= 4 is 16.7 Å². The molecule has 3 aromatic rings. The summed E-state index contributed by atoms with van der Waals surface area (Å²) < 4.78 is 0. The van der Waals surface area contributed by atoms with Crippen LogP contribution in [0.1, 0.15) is 25.7 Å². The van der Waals surface area contributed by atoms with E-state index in [4.69, 9.17) is 0 Å². The third kappa shape index (κ3) is 3.05. The fraction of sp³-hybridized carbons (Fsp3) is 0.333. The maximum Gasteiger partial charge on any atom is 0.128 e. The highest BCUT2D eigenvalue weighted by Gasteiger charge is 2.19. The molecule has 1 fully saturated rings. The molecule has 1 aliphatic carbocycles. The molecule has 0 unspecified atom stereocenters. The van der Waals surface area contributed by atoms with E-state index in [0.29, 0.717) is 6.04 Å². The predicted molar refractivity (Wildman–Crippen MR) is 91.2 cm³/mol. The Labute approximate surface area is 134 Å². The molecule has 5 nitrogen and oxygen atoms in total. The van der Waals surface area contributed by atoms with Crippen LogP contribution in [0.15, 0.2) is 42.9 Å². The molecule has 4 rings (SSSR count). The monoisotopic (exact) mass is 308 g/mol. The summed E-state index contributed by atoms with van der Waals surface area (Å²) in [6, 6.07) is 8.53. The third-order valence-electron chi connectivity index (χ3n) is 4.53. The Morgan fingerprint density at radius 3 is 2.78 bits per heavy atom. The van der Waals surface area contributed by atoms with Crippen molar-refractivity contribution in [2.45, 2.75) is 37.8 Å². The Morgan fingerprint density at radius 1 is 1.13 bits per heavy atom. The van der Waals surface area contributed by atoms with Crippen molar-refractivity contribution in [3.05, 3.63) is 42.9 Å². The maximum atomic E-state index is 9.59. The van der Waals surface area contributed by atoms with Crippen LogP contribution in [0.2, 0.25) is 0 Å². The third-order valence-corrected chi connectivity index (χ3v) is 4.53. The van der Waals surface area contributed by atoms with Gasteiger partial charge < -0.3 is 15.4 Å². The lowest BCUT2D eigenvalue weighted by atomic mass is 9.93. The topological polar surface area (TPSA) is 73.8 Å². The van der Waals surface area contributed by atoms with Crippen LogP contribution in [0.3, 0.4) is 0 Å². The number of aliphatic hydroxyl groups is 1. The average Bonchev–Trinajstić information content (AvgIpc) is 3.01. The summed E-state index contributed by atoms with van der Waals surface area (Å²) in [7, 11) is 0. The van der Waals surface area contributed by atoms with Gasteiger partial charge in [-0.3, -0.25) is 4.98 Å². The highest BCUT2D eigenvalue weighted by Crippen LogP contribution is 2.26.